The topological polar surface area (TPSA) is 21.1 Å². The van der Waals surface area contributed by atoms with Crippen LogP contribution in [0.5, 0.6) is 0 Å². The lowest BCUT2D eigenvalue weighted by molar-refractivity contribution is -0.926. The third-order valence-corrected chi connectivity index (χ3v) is 6.14. The molecule has 0 spiro atoms. The first-order chi connectivity index (χ1) is 13.9. The number of piperidine rings is 1. The summed E-state index contributed by atoms with van der Waals surface area (Å²) in [6.45, 7) is 4.88. The highest BCUT2D eigenvalue weighted by molar-refractivity contribution is 5.32. The van der Waals surface area contributed by atoms with Crippen LogP contribution in [0.4, 0.5) is 0 Å². The van der Waals surface area contributed by atoms with Crippen molar-refractivity contribution in [2.75, 3.05) is 19.6 Å². The summed E-state index contributed by atoms with van der Waals surface area (Å²) in [5.74, 6) is 0.470. The van der Waals surface area contributed by atoms with Gasteiger partial charge in [-0.3, -0.25) is 0 Å². The van der Waals surface area contributed by atoms with E-state index in [1.807, 2.05) is 0 Å². The highest BCUT2D eigenvalue weighted by Gasteiger charge is 2.26. The fourth-order valence-corrected chi connectivity index (χ4v) is 4.51. The molecular formula is C26H32N2+2. The molecule has 0 radical (unpaired) electrons. The van der Waals surface area contributed by atoms with Gasteiger partial charge in [-0.2, -0.15) is 0 Å². The summed E-state index contributed by atoms with van der Waals surface area (Å²) in [6.07, 6.45) is 2.64. The zero-order chi connectivity index (χ0) is 19.0. The molecule has 0 bridgehead atoms. The van der Waals surface area contributed by atoms with E-state index in [0.717, 1.165) is 12.6 Å². The van der Waals surface area contributed by atoms with Crippen LogP contribution in [0.3, 0.4) is 0 Å². The molecule has 1 heterocycles. The number of likely N-dealkylation sites (tertiary alicyclic amines) is 1. The Balaban J connectivity index is 1.33. The highest BCUT2D eigenvalue weighted by atomic mass is 15.1. The second-order valence-electron chi connectivity index (χ2n) is 8.10. The number of hydrogen-bond acceptors (Lipinski definition) is 0. The molecule has 3 aromatic rings. The van der Waals surface area contributed by atoms with Crippen molar-refractivity contribution >= 4 is 0 Å². The Morgan fingerprint density at radius 3 is 1.75 bits per heavy atom. The van der Waals surface area contributed by atoms with Crippen molar-refractivity contribution in [3.05, 3.63) is 108 Å². The van der Waals surface area contributed by atoms with Gasteiger partial charge >= 0.3 is 0 Å². The van der Waals surface area contributed by atoms with E-state index in [-0.39, 0.29) is 0 Å². The van der Waals surface area contributed by atoms with Crippen molar-refractivity contribution in [3.8, 4) is 0 Å². The van der Waals surface area contributed by atoms with Crippen LogP contribution < -0.4 is 10.2 Å². The third-order valence-electron chi connectivity index (χ3n) is 6.14. The number of quaternary nitrogens is 2. The van der Waals surface area contributed by atoms with Crippen LogP contribution in [0, 0.1) is 0 Å². The van der Waals surface area contributed by atoms with Crippen LogP contribution in [0.15, 0.2) is 91.0 Å². The van der Waals surface area contributed by atoms with Crippen molar-refractivity contribution in [1.82, 2.24) is 0 Å². The van der Waals surface area contributed by atoms with Crippen molar-refractivity contribution in [3.63, 3.8) is 0 Å². The minimum Gasteiger partial charge on any atom is -0.343 e. The molecule has 1 aliphatic rings. The van der Waals surface area contributed by atoms with Crippen molar-refractivity contribution in [2.45, 2.75) is 31.3 Å². The highest BCUT2D eigenvalue weighted by Crippen LogP contribution is 2.22. The van der Waals surface area contributed by atoms with Gasteiger partial charge in [0.2, 0.25) is 0 Å². The van der Waals surface area contributed by atoms with Gasteiger partial charge < -0.3 is 10.2 Å². The van der Waals surface area contributed by atoms with Gasteiger partial charge in [0.25, 0.3) is 0 Å². The normalized spacial score (nSPS) is 19.6. The molecule has 0 aromatic heterocycles. The van der Waals surface area contributed by atoms with Gasteiger partial charge in [0.15, 0.2) is 0 Å². The largest absolute Gasteiger partial charge is 0.343 e. The van der Waals surface area contributed by atoms with Crippen LogP contribution in [-0.4, -0.2) is 25.7 Å². The zero-order valence-corrected chi connectivity index (χ0v) is 16.6. The maximum absolute atomic E-state index is 2.62. The molecule has 0 saturated carbocycles. The van der Waals surface area contributed by atoms with Gasteiger partial charge in [-0.25, -0.2) is 0 Å². The molecule has 2 nitrogen and oxygen atoms in total. The van der Waals surface area contributed by atoms with E-state index >= 15 is 0 Å². The molecule has 0 atom stereocenters. The SMILES string of the molecule is c1ccc(C[NH+]2CCC([NH2+]CC(c3ccccc3)c3ccccc3)CC2)cc1. The monoisotopic (exact) mass is 372 g/mol. The zero-order valence-electron chi connectivity index (χ0n) is 16.6. The second kappa shape index (κ2) is 9.68. The lowest BCUT2D eigenvalue weighted by Crippen LogP contribution is -3.13. The molecule has 0 aliphatic carbocycles. The van der Waals surface area contributed by atoms with Crippen molar-refractivity contribution in [2.24, 2.45) is 0 Å². The van der Waals surface area contributed by atoms with E-state index in [1.54, 1.807) is 4.90 Å². The Kier molecular flexibility index (Phi) is 6.54. The van der Waals surface area contributed by atoms with E-state index < -0.39 is 0 Å². The van der Waals surface area contributed by atoms with Crippen LogP contribution >= 0.6 is 0 Å². The van der Waals surface area contributed by atoms with Crippen molar-refractivity contribution < 1.29 is 10.2 Å². The summed E-state index contributed by atoms with van der Waals surface area (Å²) < 4.78 is 0. The fraction of sp³-hybridized carbons (Fsp3) is 0.308. The molecule has 1 aliphatic heterocycles. The molecule has 1 saturated heterocycles. The third kappa shape index (κ3) is 5.09. The molecule has 3 aromatic carbocycles. The molecule has 28 heavy (non-hydrogen) atoms. The predicted molar refractivity (Wildman–Crippen MR) is 115 cm³/mol. The Hall–Kier alpha value is -2.42. The Bertz CT molecular complexity index is 769. The smallest absolute Gasteiger partial charge is 0.103 e. The van der Waals surface area contributed by atoms with Gasteiger partial charge in [0, 0.05) is 18.4 Å². The molecule has 0 unspecified atom stereocenters. The summed E-state index contributed by atoms with van der Waals surface area (Å²) in [4.78, 5) is 1.73. The molecule has 0 amide bonds. The first-order valence-electron chi connectivity index (χ1n) is 10.7. The first kappa shape index (κ1) is 18.9. The van der Waals surface area contributed by atoms with Gasteiger partial charge in [0.1, 0.15) is 6.54 Å². The molecular weight excluding hydrogens is 340 g/mol. The van der Waals surface area contributed by atoms with Crippen LogP contribution in [0.2, 0.25) is 0 Å². The molecule has 2 heteroatoms. The van der Waals surface area contributed by atoms with Crippen molar-refractivity contribution in [1.29, 1.82) is 0 Å². The number of benzene rings is 3. The quantitative estimate of drug-likeness (QED) is 0.636. The summed E-state index contributed by atoms with van der Waals surface area (Å²) >= 11 is 0. The lowest BCUT2D eigenvalue weighted by Gasteiger charge is -2.29. The number of nitrogens with one attached hydrogen (secondary N) is 1. The second-order valence-corrected chi connectivity index (χ2v) is 8.10. The summed E-state index contributed by atoms with van der Waals surface area (Å²) in [5, 5.41) is 2.62. The fourth-order valence-electron chi connectivity index (χ4n) is 4.51. The molecule has 3 N–H and O–H groups in total. The van der Waals surface area contributed by atoms with Crippen LogP contribution in [0.1, 0.15) is 35.4 Å². The van der Waals surface area contributed by atoms with Gasteiger partial charge in [-0.1, -0.05) is 91.0 Å². The molecule has 4 rings (SSSR count). The Morgan fingerprint density at radius 1 is 0.714 bits per heavy atom. The van der Waals surface area contributed by atoms with Crippen LogP contribution in [0.25, 0.3) is 0 Å². The number of nitrogens with two attached hydrogens (primary N) is 1. The number of hydrogen-bond donors (Lipinski definition) is 2. The van der Waals surface area contributed by atoms with Gasteiger partial charge in [-0.05, 0) is 11.1 Å². The maximum atomic E-state index is 2.62. The van der Waals surface area contributed by atoms with Crippen LogP contribution in [-0.2, 0) is 6.54 Å². The lowest BCUT2D eigenvalue weighted by atomic mass is 9.90. The maximum Gasteiger partial charge on any atom is 0.103 e. The first-order valence-corrected chi connectivity index (χ1v) is 10.7. The van der Waals surface area contributed by atoms with E-state index in [9.17, 15) is 0 Å². The standard InChI is InChI=1S/C26H30N2/c1-4-10-22(11-5-1)21-28-18-16-25(17-19-28)27-20-26(23-12-6-2-7-13-23)24-14-8-3-9-15-24/h1-15,25-27H,16-21H2/p+2. The average molecular weight is 373 g/mol. The predicted octanol–water partition coefficient (Wildman–Crippen LogP) is 2.63. The van der Waals surface area contributed by atoms with E-state index in [2.05, 4.69) is 96.3 Å². The summed E-state index contributed by atoms with van der Waals surface area (Å²) in [5.41, 5.74) is 4.32. The van der Waals surface area contributed by atoms with Gasteiger partial charge in [-0.15, -0.1) is 0 Å². The minimum atomic E-state index is 0.470. The average Bonchev–Trinajstić information content (AvgIpc) is 2.77. The summed E-state index contributed by atoms with van der Waals surface area (Å²) in [6, 6.07) is 33.7. The molecule has 1 fully saturated rings. The van der Waals surface area contributed by atoms with Gasteiger partial charge in [0.05, 0.1) is 31.6 Å². The minimum absolute atomic E-state index is 0.470. The number of rotatable bonds is 7. The van der Waals surface area contributed by atoms with E-state index in [1.165, 1.54) is 49.2 Å². The molecule has 144 valence electrons. The summed E-state index contributed by atoms with van der Waals surface area (Å²) in [7, 11) is 0. The Labute approximate surface area is 169 Å². The van der Waals surface area contributed by atoms with E-state index in [4.69, 9.17) is 0 Å². The van der Waals surface area contributed by atoms with E-state index in [0.29, 0.717) is 5.92 Å². The Morgan fingerprint density at radius 2 is 1.21 bits per heavy atom.